The molecule has 0 atom stereocenters. The van der Waals surface area contributed by atoms with Crippen LogP contribution in [0.15, 0.2) is 23.1 Å². The van der Waals surface area contributed by atoms with Crippen molar-refractivity contribution in [3.8, 4) is 0 Å². The third-order valence-electron chi connectivity index (χ3n) is 6.13. The van der Waals surface area contributed by atoms with Crippen molar-refractivity contribution in [3.05, 3.63) is 29.6 Å². The zero-order chi connectivity index (χ0) is 22.4. The van der Waals surface area contributed by atoms with E-state index in [1.54, 1.807) is 9.80 Å². The summed E-state index contributed by atoms with van der Waals surface area (Å²) >= 11 is -0.336. The SMILES string of the molecule is O=C(N1CCC(Cc2ccc(SC(F)(F)F)cc2F)CC1)N1CC2(CCS(=O)(=O)N2)C1. The number of piperidine rings is 1. The van der Waals surface area contributed by atoms with Crippen molar-refractivity contribution in [3.63, 3.8) is 0 Å². The lowest BCUT2D eigenvalue weighted by Crippen LogP contribution is -2.70. The topological polar surface area (TPSA) is 69.7 Å². The van der Waals surface area contributed by atoms with Gasteiger partial charge in [0.05, 0.1) is 11.3 Å². The molecular formula is C19H23F4N3O3S2. The fourth-order valence-electron chi connectivity index (χ4n) is 4.53. The average molecular weight is 482 g/mol. The standard InChI is InChI=1S/C19H23F4N3O3S2/c20-16-10-15(30-19(21,22)23)2-1-14(16)9-13-3-6-25(7-4-13)17(27)26-11-18(12-26)5-8-31(28,29)24-18/h1-2,10,13,24H,3-9,11-12H2. The molecule has 3 saturated heterocycles. The van der Waals surface area contributed by atoms with Gasteiger partial charge in [0.2, 0.25) is 10.0 Å². The first kappa shape index (κ1) is 22.7. The number of carbonyl (C=O) groups excluding carboxylic acids is 1. The predicted molar refractivity (Wildman–Crippen MR) is 108 cm³/mol. The van der Waals surface area contributed by atoms with Crippen molar-refractivity contribution in [1.82, 2.24) is 14.5 Å². The summed E-state index contributed by atoms with van der Waals surface area (Å²) in [6.45, 7) is 1.78. The van der Waals surface area contributed by atoms with E-state index in [2.05, 4.69) is 4.72 Å². The summed E-state index contributed by atoms with van der Waals surface area (Å²) in [5.74, 6) is -0.408. The molecule has 3 aliphatic heterocycles. The Kier molecular flexibility index (Phi) is 5.93. The Morgan fingerprint density at radius 2 is 1.87 bits per heavy atom. The molecule has 1 spiro atoms. The van der Waals surface area contributed by atoms with Gasteiger partial charge in [0, 0.05) is 31.1 Å². The maximum Gasteiger partial charge on any atom is 0.446 e. The third-order valence-corrected chi connectivity index (χ3v) is 8.34. The zero-order valence-electron chi connectivity index (χ0n) is 16.6. The number of likely N-dealkylation sites (tertiary alicyclic amines) is 2. The molecule has 172 valence electrons. The molecule has 0 radical (unpaired) electrons. The van der Waals surface area contributed by atoms with Gasteiger partial charge in [0.15, 0.2) is 0 Å². The second-order valence-corrected chi connectivity index (χ2v) is 11.5. The van der Waals surface area contributed by atoms with E-state index in [9.17, 15) is 30.8 Å². The van der Waals surface area contributed by atoms with Gasteiger partial charge >= 0.3 is 11.5 Å². The van der Waals surface area contributed by atoms with Crippen LogP contribution in [0.3, 0.4) is 0 Å². The van der Waals surface area contributed by atoms with Crippen LogP contribution in [0.2, 0.25) is 0 Å². The minimum absolute atomic E-state index is 0.0901. The minimum atomic E-state index is -4.45. The van der Waals surface area contributed by atoms with Gasteiger partial charge in [0.1, 0.15) is 5.82 Å². The predicted octanol–water partition coefficient (Wildman–Crippen LogP) is 3.19. The summed E-state index contributed by atoms with van der Waals surface area (Å²) in [5.41, 5.74) is -4.58. The van der Waals surface area contributed by atoms with Crippen LogP contribution in [-0.4, -0.2) is 67.2 Å². The molecule has 3 heterocycles. The van der Waals surface area contributed by atoms with Crippen molar-refractivity contribution in [2.24, 2.45) is 5.92 Å². The quantitative estimate of drug-likeness (QED) is 0.532. The number of urea groups is 1. The fraction of sp³-hybridized carbons (Fsp3) is 0.632. The van der Waals surface area contributed by atoms with E-state index in [4.69, 9.17) is 0 Å². The molecule has 0 bridgehead atoms. The molecule has 0 aromatic heterocycles. The number of amides is 2. The van der Waals surface area contributed by atoms with Gasteiger partial charge < -0.3 is 9.80 Å². The summed E-state index contributed by atoms with van der Waals surface area (Å²) in [4.78, 5) is 15.9. The van der Waals surface area contributed by atoms with Gasteiger partial charge in [-0.05, 0) is 61.1 Å². The molecule has 1 N–H and O–H groups in total. The van der Waals surface area contributed by atoms with E-state index in [1.165, 1.54) is 12.1 Å². The zero-order valence-corrected chi connectivity index (χ0v) is 18.3. The molecule has 3 aliphatic rings. The molecule has 31 heavy (non-hydrogen) atoms. The van der Waals surface area contributed by atoms with Gasteiger partial charge in [-0.15, -0.1) is 0 Å². The number of benzene rings is 1. The lowest BCUT2D eigenvalue weighted by Gasteiger charge is -2.49. The molecule has 0 aliphatic carbocycles. The van der Waals surface area contributed by atoms with Crippen LogP contribution < -0.4 is 4.72 Å². The number of thioether (sulfide) groups is 1. The second-order valence-electron chi connectivity index (χ2n) is 8.53. The number of alkyl halides is 3. The van der Waals surface area contributed by atoms with Crippen LogP contribution in [-0.2, 0) is 16.4 Å². The molecule has 4 rings (SSSR count). The Bertz CT molecular complexity index is 957. The van der Waals surface area contributed by atoms with Crippen LogP contribution >= 0.6 is 11.8 Å². The maximum absolute atomic E-state index is 14.2. The molecular weight excluding hydrogens is 458 g/mol. The van der Waals surface area contributed by atoms with Gasteiger partial charge in [-0.1, -0.05) is 6.07 Å². The summed E-state index contributed by atoms with van der Waals surface area (Å²) in [5, 5.41) is 0. The first-order valence-electron chi connectivity index (χ1n) is 10.0. The van der Waals surface area contributed by atoms with Gasteiger partial charge in [-0.2, -0.15) is 13.2 Å². The maximum atomic E-state index is 14.2. The Morgan fingerprint density at radius 3 is 2.42 bits per heavy atom. The molecule has 1 aromatic rings. The Labute approximate surface area is 182 Å². The fourth-order valence-corrected chi connectivity index (χ4v) is 6.75. The van der Waals surface area contributed by atoms with E-state index < -0.39 is 26.9 Å². The molecule has 2 amide bonds. The van der Waals surface area contributed by atoms with E-state index in [0.717, 1.165) is 6.07 Å². The molecule has 1 aromatic carbocycles. The molecule has 0 saturated carbocycles. The highest BCUT2D eigenvalue weighted by molar-refractivity contribution is 8.00. The van der Waals surface area contributed by atoms with Gasteiger partial charge in [-0.25, -0.2) is 22.3 Å². The number of sulfonamides is 1. The summed E-state index contributed by atoms with van der Waals surface area (Å²) in [6.07, 6.45) is 2.28. The number of nitrogens with one attached hydrogen (secondary N) is 1. The Balaban J connectivity index is 1.25. The van der Waals surface area contributed by atoms with Crippen LogP contribution in [0, 0.1) is 11.7 Å². The Hall–Kier alpha value is -1.53. The molecule has 3 fully saturated rings. The molecule has 0 unspecified atom stereocenters. The minimum Gasteiger partial charge on any atom is -0.325 e. The highest BCUT2D eigenvalue weighted by Gasteiger charge is 2.52. The Morgan fingerprint density at radius 1 is 1.19 bits per heavy atom. The third kappa shape index (κ3) is 5.28. The van der Waals surface area contributed by atoms with E-state index in [0.29, 0.717) is 57.4 Å². The summed E-state index contributed by atoms with van der Waals surface area (Å²) in [7, 11) is -3.23. The largest absolute Gasteiger partial charge is 0.446 e. The van der Waals surface area contributed by atoms with Crippen molar-refractivity contribution in [1.29, 1.82) is 0 Å². The van der Waals surface area contributed by atoms with E-state index in [1.807, 2.05) is 0 Å². The van der Waals surface area contributed by atoms with Gasteiger partial charge in [0.25, 0.3) is 0 Å². The number of carbonyl (C=O) groups is 1. The first-order chi connectivity index (χ1) is 14.4. The monoisotopic (exact) mass is 481 g/mol. The van der Waals surface area contributed by atoms with Gasteiger partial charge in [-0.3, -0.25) is 0 Å². The normalized spacial score (nSPS) is 23.2. The van der Waals surface area contributed by atoms with E-state index >= 15 is 0 Å². The van der Waals surface area contributed by atoms with Crippen LogP contribution in [0.5, 0.6) is 0 Å². The summed E-state index contributed by atoms with van der Waals surface area (Å²) in [6, 6.07) is 3.49. The van der Waals surface area contributed by atoms with E-state index in [-0.39, 0.29) is 34.4 Å². The first-order valence-corrected chi connectivity index (χ1v) is 12.5. The van der Waals surface area contributed by atoms with Crippen molar-refractivity contribution in [2.45, 2.75) is 41.6 Å². The van der Waals surface area contributed by atoms with Crippen LogP contribution in [0.4, 0.5) is 22.4 Å². The molecule has 6 nitrogen and oxygen atoms in total. The van der Waals surface area contributed by atoms with Crippen LogP contribution in [0.25, 0.3) is 0 Å². The lowest BCUT2D eigenvalue weighted by molar-refractivity contribution is -0.0328. The number of rotatable bonds is 3. The highest BCUT2D eigenvalue weighted by Crippen LogP contribution is 2.38. The lowest BCUT2D eigenvalue weighted by atomic mass is 9.88. The number of nitrogens with zero attached hydrogens (tertiary/aromatic N) is 2. The van der Waals surface area contributed by atoms with Crippen molar-refractivity contribution < 1.29 is 30.8 Å². The van der Waals surface area contributed by atoms with Crippen molar-refractivity contribution >= 4 is 27.8 Å². The number of hydrogen-bond acceptors (Lipinski definition) is 4. The van der Waals surface area contributed by atoms with Crippen LogP contribution in [0.1, 0.15) is 24.8 Å². The number of hydrogen-bond donors (Lipinski definition) is 1. The smallest absolute Gasteiger partial charge is 0.325 e. The average Bonchev–Trinajstić information content (AvgIpc) is 2.97. The summed E-state index contributed by atoms with van der Waals surface area (Å²) < 4.78 is 77.4. The molecule has 12 heteroatoms. The van der Waals surface area contributed by atoms with Crippen molar-refractivity contribution in [2.75, 3.05) is 31.9 Å². The second kappa shape index (κ2) is 8.11. The number of halogens is 4. The highest BCUT2D eigenvalue weighted by atomic mass is 32.2.